The van der Waals surface area contributed by atoms with Crippen LogP contribution in [0.1, 0.15) is 12.8 Å². The van der Waals surface area contributed by atoms with Crippen LogP contribution >= 0.6 is 0 Å². The maximum Gasteiger partial charge on any atom is 0.391 e. The molecule has 0 spiro atoms. The van der Waals surface area contributed by atoms with Gasteiger partial charge in [-0.1, -0.05) is 0 Å². The minimum Gasteiger partial charge on any atom is -0.396 e. The Labute approximate surface area is 62.6 Å². The molecule has 0 saturated heterocycles. The highest BCUT2D eigenvalue weighted by atomic mass is 19.4. The number of aliphatic hydroxyl groups is 2. The summed E-state index contributed by atoms with van der Waals surface area (Å²) in [5.41, 5.74) is 0. The fourth-order valence-electron chi connectivity index (χ4n) is 0.783. The van der Waals surface area contributed by atoms with Gasteiger partial charge in [0.2, 0.25) is 0 Å². The number of halogens is 3. The first-order chi connectivity index (χ1) is 5.02. The van der Waals surface area contributed by atoms with E-state index in [0.717, 1.165) is 0 Å². The molecule has 0 unspecified atom stereocenters. The summed E-state index contributed by atoms with van der Waals surface area (Å²) in [5.74, 6) is -1.57. The Bertz CT molecular complexity index is 96.5. The van der Waals surface area contributed by atoms with E-state index in [1.165, 1.54) is 0 Å². The highest BCUT2D eigenvalue weighted by molar-refractivity contribution is 4.66. The second-order valence-electron chi connectivity index (χ2n) is 2.26. The zero-order valence-corrected chi connectivity index (χ0v) is 5.93. The number of alkyl halides is 3. The minimum atomic E-state index is -4.30. The van der Waals surface area contributed by atoms with Gasteiger partial charge in [-0.2, -0.15) is 13.2 Å². The van der Waals surface area contributed by atoms with Crippen molar-refractivity contribution in [1.29, 1.82) is 0 Å². The van der Waals surface area contributed by atoms with E-state index in [4.69, 9.17) is 10.2 Å². The van der Waals surface area contributed by atoms with Gasteiger partial charge in [0.25, 0.3) is 0 Å². The lowest BCUT2D eigenvalue weighted by Gasteiger charge is -2.17. The summed E-state index contributed by atoms with van der Waals surface area (Å²) in [7, 11) is 0. The lowest BCUT2D eigenvalue weighted by Crippen LogP contribution is -2.24. The van der Waals surface area contributed by atoms with Crippen molar-refractivity contribution in [3.63, 3.8) is 0 Å². The molecule has 2 N–H and O–H groups in total. The number of hydrogen-bond donors (Lipinski definition) is 2. The third kappa shape index (κ3) is 4.21. The van der Waals surface area contributed by atoms with Gasteiger partial charge in [-0.15, -0.1) is 0 Å². The standard InChI is InChI=1S/C6H11F3O2/c7-6(8,9)5(1-3-10)2-4-11/h5,10-11H,1-4H2. The Hall–Kier alpha value is -0.290. The lowest BCUT2D eigenvalue weighted by atomic mass is 10.0. The highest BCUT2D eigenvalue weighted by Gasteiger charge is 2.38. The molecular weight excluding hydrogens is 161 g/mol. The van der Waals surface area contributed by atoms with Gasteiger partial charge in [0, 0.05) is 13.2 Å². The molecule has 0 bridgehead atoms. The first-order valence-corrected chi connectivity index (χ1v) is 3.30. The quantitative estimate of drug-likeness (QED) is 0.662. The summed E-state index contributed by atoms with van der Waals surface area (Å²) in [6, 6.07) is 0. The van der Waals surface area contributed by atoms with Gasteiger partial charge >= 0.3 is 6.18 Å². The maximum atomic E-state index is 11.9. The van der Waals surface area contributed by atoms with Crippen LogP contribution in [0.4, 0.5) is 13.2 Å². The molecule has 0 radical (unpaired) electrons. The second-order valence-corrected chi connectivity index (χ2v) is 2.26. The molecule has 11 heavy (non-hydrogen) atoms. The Balaban J connectivity index is 3.88. The van der Waals surface area contributed by atoms with Crippen LogP contribution in [-0.4, -0.2) is 29.6 Å². The van der Waals surface area contributed by atoms with E-state index in [1.54, 1.807) is 0 Å². The summed E-state index contributed by atoms with van der Waals surface area (Å²) in [4.78, 5) is 0. The van der Waals surface area contributed by atoms with Crippen LogP contribution in [0.2, 0.25) is 0 Å². The van der Waals surface area contributed by atoms with E-state index in [0.29, 0.717) is 0 Å². The molecule has 0 aromatic heterocycles. The molecule has 0 aliphatic carbocycles. The predicted molar refractivity (Wildman–Crippen MR) is 33.0 cm³/mol. The zero-order valence-electron chi connectivity index (χ0n) is 5.93. The van der Waals surface area contributed by atoms with Crippen molar-refractivity contribution in [1.82, 2.24) is 0 Å². The van der Waals surface area contributed by atoms with Crippen molar-refractivity contribution in [2.24, 2.45) is 5.92 Å². The number of hydrogen-bond acceptors (Lipinski definition) is 2. The smallest absolute Gasteiger partial charge is 0.391 e. The van der Waals surface area contributed by atoms with Crippen molar-refractivity contribution in [2.75, 3.05) is 13.2 Å². The Kier molecular flexibility index (Phi) is 4.44. The summed E-state index contributed by atoms with van der Waals surface area (Å²) in [6.07, 6.45) is -4.96. The Morgan fingerprint density at radius 1 is 1.00 bits per heavy atom. The monoisotopic (exact) mass is 172 g/mol. The van der Waals surface area contributed by atoms with E-state index < -0.39 is 25.3 Å². The SMILES string of the molecule is OCCC(CCO)C(F)(F)F. The van der Waals surface area contributed by atoms with Crippen molar-refractivity contribution in [2.45, 2.75) is 19.0 Å². The first kappa shape index (κ1) is 10.7. The number of rotatable bonds is 4. The fraction of sp³-hybridized carbons (Fsp3) is 1.00. The average Bonchev–Trinajstić information content (AvgIpc) is 1.85. The molecule has 5 heteroatoms. The van der Waals surface area contributed by atoms with Crippen LogP contribution in [0.25, 0.3) is 0 Å². The molecule has 0 amide bonds. The normalized spacial score (nSPS) is 12.5. The minimum absolute atomic E-state index is 0.329. The summed E-state index contributed by atoms with van der Waals surface area (Å²) in [5, 5.41) is 16.5. The van der Waals surface area contributed by atoms with Crippen molar-refractivity contribution >= 4 is 0 Å². The van der Waals surface area contributed by atoms with Crippen LogP contribution in [0.5, 0.6) is 0 Å². The molecule has 0 aromatic rings. The van der Waals surface area contributed by atoms with Crippen LogP contribution in [0.15, 0.2) is 0 Å². The number of aliphatic hydroxyl groups excluding tert-OH is 2. The van der Waals surface area contributed by atoms with Crippen molar-refractivity contribution in [3.8, 4) is 0 Å². The van der Waals surface area contributed by atoms with Gasteiger partial charge < -0.3 is 10.2 Å². The molecule has 0 fully saturated rings. The summed E-state index contributed by atoms with van der Waals surface area (Å²) < 4.78 is 35.6. The summed E-state index contributed by atoms with van der Waals surface area (Å²) in [6.45, 7) is -0.992. The second kappa shape index (κ2) is 4.56. The van der Waals surface area contributed by atoms with Crippen LogP contribution in [0, 0.1) is 5.92 Å². The van der Waals surface area contributed by atoms with Gasteiger partial charge in [0.15, 0.2) is 0 Å². The molecular formula is C6H11F3O2. The third-order valence-corrected chi connectivity index (χ3v) is 1.42. The van der Waals surface area contributed by atoms with Crippen LogP contribution < -0.4 is 0 Å². The average molecular weight is 172 g/mol. The van der Waals surface area contributed by atoms with Crippen molar-refractivity contribution < 1.29 is 23.4 Å². The molecule has 0 rings (SSSR count). The van der Waals surface area contributed by atoms with Crippen LogP contribution in [0.3, 0.4) is 0 Å². The third-order valence-electron chi connectivity index (χ3n) is 1.42. The lowest BCUT2D eigenvalue weighted by molar-refractivity contribution is -0.181. The van der Waals surface area contributed by atoms with E-state index in [1.807, 2.05) is 0 Å². The summed E-state index contributed by atoms with van der Waals surface area (Å²) >= 11 is 0. The van der Waals surface area contributed by atoms with Crippen LogP contribution in [-0.2, 0) is 0 Å². The molecule has 0 aliphatic heterocycles. The zero-order chi connectivity index (χ0) is 8.91. The topological polar surface area (TPSA) is 40.5 Å². The molecule has 0 heterocycles. The van der Waals surface area contributed by atoms with Gasteiger partial charge in [-0.25, -0.2) is 0 Å². The highest BCUT2D eigenvalue weighted by Crippen LogP contribution is 2.30. The van der Waals surface area contributed by atoms with Gasteiger partial charge in [-0.05, 0) is 12.8 Å². The van der Waals surface area contributed by atoms with Crippen molar-refractivity contribution in [3.05, 3.63) is 0 Å². The molecule has 2 nitrogen and oxygen atoms in total. The van der Waals surface area contributed by atoms with Gasteiger partial charge in [-0.3, -0.25) is 0 Å². The van der Waals surface area contributed by atoms with Gasteiger partial charge in [0.1, 0.15) is 0 Å². The van der Waals surface area contributed by atoms with E-state index in [9.17, 15) is 13.2 Å². The largest absolute Gasteiger partial charge is 0.396 e. The maximum absolute atomic E-state index is 11.9. The molecule has 0 aliphatic rings. The Morgan fingerprint density at radius 3 is 1.55 bits per heavy atom. The van der Waals surface area contributed by atoms with E-state index in [2.05, 4.69) is 0 Å². The van der Waals surface area contributed by atoms with E-state index >= 15 is 0 Å². The fourth-order valence-corrected chi connectivity index (χ4v) is 0.783. The predicted octanol–water partition coefficient (Wildman–Crippen LogP) is 0.930. The molecule has 0 aromatic carbocycles. The molecule has 68 valence electrons. The van der Waals surface area contributed by atoms with Gasteiger partial charge in [0.05, 0.1) is 5.92 Å². The molecule has 0 saturated carbocycles. The molecule has 0 atom stereocenters. The first-order valence-electron chi connectivity index (χ1n) is 3.30. The van der Waals surface area contributed by atoms with E-state index in [-0.39, 0.29) is 12.8 Å². The Morgan fingerprint density at radius 2 is 1.36 bits per heavy atom.